The second-order valence-corrected chi connectivity index (χ2v) is 3.87. The van der Waals surface area contributed by atoms with E-state index in [1.54, 1.807) is 13.2 Å². The fourth-order valence-corrected chi connectivity index (χ4v) is 1.93. The molecule has 0 bridgehead atoms. The molecular weight excluding hydrogens is 196 g/mol. The lowest BCUT2D eigenvalue weighted by molar-refractivity contribution is 0.0984. The predicted octanol–water partition coefficient (Wildman–Crippen LogP) is 3.30. The summed E-state index contributed by atoms with van der Waals surface area (Å²) in [6.45, 7) is 3.62. The molecular formula is C11H14O2S. The van der Waals surface area contributed by atoms with Gasteiger partial charge in [-0.25, -0.2) is 0 Å². The highest BCUT2D eigenvalue weighted by Crippen LogP contribution is 2.22. The number of Topliss-reactive ketones (excluding diaryl/α,β-unsaturated/α-hetero) is 1. The van der Waals surface area contributed by atoms with Crippen molar-refractivity contribution >= 4 is 17.1 Å². The Morgan fingerprint density at radius 2 is 2.50 bits per heavy atom. The van der Waals surface area contributed by atoms with Gasteiger partial charge in [-0.15, -0.1) is 17.9 Å². The molecule has 0 aromatic carbocycles. The van der Waals surface area contributed by atoms with Crippen molar-refractivity contribution in [2.75, 3.05) is 7.11 Å². The van der Waals surface area contributed by atoms with Crippen molar-refractivity contribution in [3.8, 4) is 5.75 Å². The topological polar surface area (TPSA) is 26.3 Å². The highest BCUT2D eigenvalue weighted by atomic mass is 32.1. The molecule has 0 aliphatic heterocycles. The Labute approximate surface area is 88.2 Å². The maximum Gasteiger partial charge on any atom is 0.172 e. The van der Waals surface area contributed by atoms with Gasteiger partial charge in [0, 0.05) is 17.9 Å². The number of allylic oxidation sites excluding steroid dienone is 1. The van der Waals surface area contributed by atoms with Gasteiger partial charge in [0.15, 0.2) is 5.78 Å². The van der Waals surface area contributed by atoms with E-state index in [4.69, 9.17) is 4.74 Å². The van der Waals surface area contributed by atoms with Crippen LogP contribution in [0.3, 0.4) is 0 Å². The monoisotopic (exact) mass is 210 g/mol. The van der Waals surface area contributed by atoms with Gasteiger partial charge < -0.3 is 4.74 Å². The Balaban J connectivity index is 2.47. The Morgan fingerprint density at radius 1 is 1.71 bits per heavy atom. The van der Waals surface area contributed by atoms with Crippen molar-refractivity contribution in [1.82, 2.24) is 0 Å². The second kappa shape index (κ2) is 5.60. The van der Waals surface area contributed by atoms with E-state index in [0.717, 1.165) is 23.5 Å². The molecule has 0 spiro atoms. The summed E-state index contributed by atoms with van der Waals surface area (Å²) in [7, 11) is 1.61. The van der Waals surface area contributed by atoms with Gasteiger partial charge in [0.25, 0.3) is 0 Å². The van der Waals surface area contributed by atoms with Crippen molar-refractivity contribution in [2.24, 2.45) is 0 Å². The van der Waals surface area contributed by atoms with Crippen molar-refractivity contribution in [1.29, 1.82) is 0 Å². The summed E-state index contributed by atoms with van der Waals surface area (Å²) < 4.78 is 5.01. The van der Waals surface area contributed by atoms with Crippen LogP contribution >= 0.6 is 11.3 Å². The first-order valence-electron chi connectivity index (χ1n) is 4.54. The number of hydrogen-bond donors (Lipinski definition) is 0. The molecule has 0 N–H and O–H groups in total. The average Bonchev–Trinajstić information content (AvgIpc) is 2.66. The minimum Gasteiger partial charge on any atom is -0.496 e. The minimum absolute atomic E-state index is 0.195. The Kier molecular flexibility index (Phi) is 4.40. The summed E-state index contributed by atoms with van der Waals surface area (Å²) in [5.74, 6) is 0.960. The summed E-state index contributed by atoms with van der Waals surface area (Å²) in [5, 5.41) is 1.85. The van der Waals surface area contributed by atoms with Crippen molar-refractivity contribution in [3.63, 3.8) is 0 Å². The van der Waals surface area contributed by atoms with E-state index in [0.29, 0.717) is 6.42 Å². The largest absolute Gasteiger partial charge is 0.496 e. The quantitative estimate of drug-likeness (QED) is 0.409. The minimum atomic E-state index is 0.195. The van der Waals surface area contributed by atoms with Gasteiger partial charge in [-0.05, 0) is 12.8 Å². The lowest BCUT2D eigenvalue weighted by Crippen LogP contribution is -1.94. The molecule has 76 valence electrons. The average molecular weight is 210 g/mol. The molecule has 0 aliphatic carbocycles. The number of ketones is 1. The van der Waals surface area contributed by atoms with E-state index < -0.39 is 0 Å². The van der Waals surface area contributed by atoms with Crippen LogP contribution in [-0.4, -0.2) is 12.9 Å². The van der Waals surface area contributed by atoms with Gasteiger partial charge in [-0.1, -0.05) is 6.08 Å². The summed E-state index contributed by atoms with van der Waals surface area (Å²) in [4.78, 5) is 12.4. The van der Waals surface area contributed by atoms with Crippen LogP contribution in [0.2, 0.25) is 0 Å². The highest BCUT2D eigenvalue weighted by molar-refractivity contribution is 7.12. The van der Waals surface area contributed by atoms with Gasteiger partial charge in [0.2, 0.25) is 0 Å². The first kappa shape index (κ1) is 11.0. The van der Waals surface area contributed by atoms with Gasteiger partial charge in [0.05, 0.1) is 12.0 Å². The number of hydrogen-bond acceptors (Lipinski definition) is 3. The number of rotatable bonds is 6. The van der Waals surface area contributed by atoms with Crippen LogP contribution < -0.4 is 4.74 Å². The van der Waals surface area contributed by atoms with Gasteiger partial charge in [-0.2, -0.15) is 0 Å². The predicted molar refractivity (Wildman–Crippen MR) is 59.2 cm³/mol. The Hall–Kier alpha value is -1.09. The highest BCUT2D eigenvalue weighted by Gasteiger charge is 2.08. The summed E-state index contributed by atoms with van der Waals surface area (Å²) in [6, 6.07) is 1.79. The zero-order valence-electron chi connectivity index (χ0n) is 8.29. The van der Waals surface area contributed by atoms with E-state index in [1.807, 2.05) is 11.5 Å². The summed E-state index contributed by atoms with van der Waals surface area (Å²) in [6.07, 6.45) is 4.20. The van der Waals surface area contributed by atoms with Gasteiger partial charge in [-0.3, -0.25) is 4.79 Å². The SMILES string of the molecule is C=CCCCC(=O)c1cc(OC)cs1. The number of carbonyl (C=O) groups is 1. The van der Waals surface area contributed by atoms with E-state index in [-0.39, 0.29) is 5.78 Å². The fraction of sp³-hybridized carbons (Fsp3) is 0.364. The molecule has 0 unspecified atom stereocenters. The molecule has 1 aromatic rings. The first-order chi connectivity index (χ1) is 6.77. The third kappa shape index (κ3) is 3.00. The summed E-state index contributed by atoms with van der Waals surface area (Å²) >= 11 is 1.44. The van der Waals surface area contributed by atoms with E-state index in [9.17, 15) is 4.79 Å². The maximum atomic E-state index is 11.6. The van der Waals surface area contributed by atoms with E-state index in [2.05, 4.69) is 6.58 Å². The number of thiophene rings is 1. The standard InChI is InChI=1S/C11H14O2S/c1-3-4-5-6-10(12)11-7-9(13-2)8-14-11/h3,7-8H,1,4-6H2,2H3. The molecule has 1 heterocycles. The van der Waals surface area contributed by atoms with Crippen LogP contribution in [0.1, 0.15) is 28.9 Å². The number of methoxy groups -OCH3 is 1. The zero-order valence-corrected chi connectivity index (χ0v) is 9.10. The van der Waals surface area contributed by atoms with Crippen LogP contribution in [0, 0.1) is 0 Å². The van der Waals surface area contributed by atoms with E-state index >= 15 is 0 Å². The lowest BCUT2D eigenvalue weighted by atomic mass is 10.1. The Bertz CT molecular complexity index is 315. The maximum absolute atomic E-state index is 11.6. The first-order valence-corrected chi connectivity index (χ1v) is 5.42. The molecule has 0 fully saturated rings. The molecule has 2 nitrogen and oxygen atoms in total. The summed E-state index contributed by atoms with van der Waals surface area (Å²) in [5.41, 5.74) is 0. The van der Waals surface area contributed by atoms with Crippen LogP contribution in [0.15, 0.2) is 24.1 Å². The molecule has 1 aromatic heterocycles. The molecule has 3 heteroatoms. The van der Waals surface area contributed by atoms with Crippen LogP contribution in [0.4, 0.5) is 0 Å². The van der Waals surface area contributed by atoms with Crippen LogP contribution in [0.5, 0.6) is 5.75 Å². The molecule has 1 rings (SSSR count). The van der Waals surface area contributed by atoms with E-state index in [1.165, 1.54) is 11.3 Å². The third-order valence-corrected chi connectivity index (χ3v) is 2.85. The second-order valence-electron chi connectivity index (χ2n) is 2.95. The lowest BCUT2D eigenvalue weighted by Gasteiger charge is -1.95. The molecule has 14 heavy (non-hydrogen) atoms. The smallest absolute Gasteiger partial charge is 0.172 e. The number of ether oxygens (including phenoxy) is 1. The normalized spacial score (nSPS) is 9.79. The molecule has 0 saturated carbocycles. The van der Waals surface area contributed by atoms with Gasteiger partial charge in [0.1, 0.15) is 5.75 Å². The third-order valence-electron chi connectivity index (χ3n) is 1.90. The Morgan fingerprint density at radius 3 is 3.07 bits per heavy atom. The number of carbonyl (C=O) groups excluding carboxylic acids is 1. The van der Waals surface area contributed by atoms with Crippen molar-refractivity contribution < 1.29 is 9.53 Å². The fourth-order valence-electron chi connectivity index (χ4n) is 1.10. The van der Waals surface area contributed by atoms with Crippen molar-refractivity contribution in [2.45, 2.75) is 19.3 Å². The molecule has 0 atom stereocenters. The van der Waals surface area contributed by atoms with Gasteiger partial charge >= 0.3 is 0 Å². The molecule has 0 aliphatic rings. The molecule has 0 radical (unpaired) electrons. The number of unbranched alkanes of at least 4 members (excludes halogenated alkanes) is 1. The van der Waals surface area contributed by atoms with Crippen LogP contribution in [-0.2, 0) is 0 Å². The molecule has 0 amide bonds. The molecule has 0 saturated heterocycles. The van der Waals surface area contributed by atoms with Crippen molar-refractivity contribution in [3.05, 3.63) is 29.0 Å². The zero-order chi connectivity index (χ0) is 10.4. The van der Waals surface area contributed by atoms with Crippen LogP contribution in [0.25, 0.3) is 0 Å².